The Morgan fingerprint density at radius 1 is 1.17 bits per heavy atom. The summed E-state index contributed by atoms with van der Waals surface area (Å²) in [6, 6.07) is 6.41. The van der Waals surface area contributed by atoms with Crippen molar-refractivity contribution in [2.24, 2.45) is 0 Å². The molecule has 1 aromatic carbocycles. The summed E-state index contributed by atoms with van der Waals surface area (Å²) in [7, 11) is 0. The molecular weight excluding hydrogens is 222 g/mol. The van der Waals surface area contributed by atoms with Crippen LogP contribution in [-0.2, 0) is 5.41 Å². The fourth-order valence-corrected chi connectivity index (χ4v) is 2.76. The van der Waals surface area contributed by atoms with Gasteiger partial charge >= 0.3 is 0 Å². The molecule has 0 bridgehead atoms. The zero-order valence-corrected chi connectivity index (χ0v) is 11.5. The molecule has 0 saturated heterocycles. The Balaban J connectivity index is 2.01. The van der Waals surface area contributed by atoms with Gasteiger partial charge in [-0.3, -0.25) is 0 Å². The highest BCUT2D eigenvalue weighted by atomic mass is 16.3. The third-order valence-electron chi connectivity index (χ3n) is 3.97. The minimum atomic E-state index is 0.167. The maximum absolute atomic E-state index is 5.91. The third-order valence-corrected chi connectivity index (χ3v) is 3.97. The molecule has 1 heterocycles. The lowest BCUT2D eigenvalue weighted by Gasteiger charge is -2.18. The predicted octanol–water partition coefficient (Wildman–Crippen LogP) is 4.78. The average molecular weight is 243 g/mol. The number of rotatable bonds is 1. The molecular formula is C16H21NO. The monoisotopic (exact) mass is 243 g/mol. The maximum atomic E-state index is 5.91. The van der Waals surface area contributed by atoms with Crippen molar-refractivity contribution in [2.45, 2.75) is 57.8 Å². The van der Waals surface area contributed by atoms with Crippen LogP contribution in [0.2, 0.25) is 0 Å². The third kappa shape index (κ3) is 2.05. The molecule has 1 aliphatic carbocycles. The number of hydrogen-bond donors (Lipinski definition) is 0. The van der Waals surface area contributed by atoms with E-state index in [0.717, 1.165) is 17.0 Å². The van der Waals surface area contributed by atoms with E-state index in [-0.39, 0.29) is 5.41 Å². The SMILES string of the molecule is CC(C)(C)c1ccc2oc(C3CCCC3)nc2c1. The van der Waals surface area contributed by atoms with Gasteiger partial charge in [0.25, 0.3) is 0 Å². The number of aromatic nitrogens is 1. The van der Waals surface area contributed by atoms with Crippen LogP contribution in [0.4, 0.5) is 0 Å². The van der Waals surface area contributed by atoms with Gasteiger partial charge in [-0.1, -0.05) is 39.7 Å². The average Bonchev–Trinajstić information content (AvgIpc) is 2.95. The largest absolute Gasteiger partial charge is 0.440 e. The summed E-state index contributed by atoms with van der Waals surface area (Å²) in [6.45, 7) is 6.68. The summed E-state index contributed by atoms with van der Waals surface area (Å²) in [5.74, 6) is 1.50. The highest BCUT2D eigenvalue weighted by Crippen LogP contribution is 2.35. The van der Waals surface area contributed by atoms with Crippen LogP contribution in [0.25, 0.3) is 11.1 Å². The second-order valence-electron chi connectivity index (χ2n) is 6.47. The van der Waals surface area contributed by atoms with Gasteiger partial charge in [0.1, 0.15) is 5.52 Å². The van der Waals surface area contributed by atoms with Crippen molar-refractivity contribution in [3.05, 3.63) is 29.7 Å². The van der Waals surface area contributed by atoms with E-state index < -0.39 is 0 Å². The topological polar surface area (TPSA) is 26.0 Å². The standard InChI is InChI=1S/C16H21NO/c1-16(2,3)12-8-9-14-13(10-12)17-15(18-14)11-6-4-5-7-11/h8-11H,4-7H2,1-3H3. The van der Waals surface area contributed by atoms with Gasteiger partial charge < -0.3 is 4.42 Å². The number of fused-ring (bicyclic) bond motifs is 1. The molecule has 1 fully saturated rings. The minimum Gasteiger partial charge on any atom is -0.440 e. The Hall–Kier alpha value is -1.31. The summed E-state index contributed by atoms with van der Waals surface area (Å²) in [5.41, 5.74) is 3.44. The highest BCUT2D eigenvalue weighted by molar-refractivity contribution is 5.73. The summed E-state index contributed by atoms with van der Waals surface area (Å²) >= 11 is 0. The van der Waals surface area contributed by atoms with E-state index in [4.69, 9.17) is 9.40 Å². The molecule has 1 saturated carbocycles. The van der Waals surface area contributed by atoms with Crippen molar-refractivity contribution in [1.82, 2.24) is 4.98 Å². The molecule has 18 heavy (non-hydrogen) atoms. The molecule has 0 radical (unpaired) electrons. The van der Waals surface area contributed by atoms with E-state index in [1.807, 2.05) is 0 Å². The first-order valence-corrected chi connectivity index (χ1v) is 6.95. The quantitative estimate of drug-likeness (QED) is 0.720. The minimum absolute atomic E-state index is 0.167. The molecule has 0 unspecified atom stereocenters. The Kier molecular flexibility index (Phi) is 2.69. The first-order chi connectivity index (χ1) is 8.54. The van der Waals surface area contributed by atoms with Crippen molar-refractivity contribution >= 4 is 11.1 Å². The molecule has 0 atom stereocenters. The smallest absolute Gasteiger partial charge is 0.198 e. The Morgan fingerprint density at radius 2 is 1.89 bits per heavy atom. The van der Waals surface area contributed by atoms with E-state index in [1.54, 1.807) is 0 Å². The number of nitrogens with zero attached hydrogens (tertiary/aromatic N) is 1. The summed E-state index contributed by atoms with van der Waals surface area (Å²) in [4.78, 5) is 4.70. The molecule has 0 spiro atoms. The van der Waals surface area contributed by atoms with Crippen molar-refractivity contribution in [2.75, 3.05) is 0 Å². The molecule has 3 rings (SSSR count). The lowest BCUT2D eigenvalue weighted by atomic mass is 9.87. The van der Waals surface area contributed by atoms with Crippen molar-refractivity contribution in [1.29, 1.82) is 0 Å². The second kappa shape index (κ2) is 4.11. The predicted molar refractivity (Wildman–Crippen MR) is 73.9 cm³/mol. The molecule has 96 valence electrons. The van der Waals surface area contributed by atoms with Gasteiger partial charge in [0, 0.05) is 5.92 Å². The van der Waals surface area contributed by atoms with Crippen LogP contribution in [-0.4, -0.2) is 4.98 Å². The Morgan fingerprint density at radius 3 is 2.56 bits per heavy atom. The van der Waals surface area contributed by atoms with Gasteiger partial charge in [-0.2, -0.15) is 0 Å². The fraction of sp³-hybridized carbons (Fsp3) is 0.562. The number of oxazole rings is 1. The van der Waals surface area contributed by atoms with E-state index in [2.05, 4.69) is 39.0 Å². The van der Waals surface area contributed by atoms with Crippen LogP contribution in [0, 0.1) is 0 Å². The van der Waals surface area contributed by atoms with Crippen molar-refractivity contribution < 1.29 is 4.42 Å². The van der Waals surface area contributed by atoms with Crippen LogP contribution >= 0.6 is 0 Å². The van der Waals surface area contributed by atoms with Gasteiger partial charge in [-0.25, -0.2) is 4.98 Å². The fourth-order valence-electron chi connectivity index (χ4n) is 2.76. The van der Waals surface area contributed by atoms with E-state index in [1.165, 1.54) is 31.2 Å². The lowest BCUT2D eigenvalue weighted by Crippen LogP contribution is -2.10. The molecule has 2 nitrogen and oxygen atoms in total. The molecule has 0 amide bonds. The van der Waals surface area contributed by atoms with Gasteiger partial charge in [-0.05, 0) is 36.0 Å². The van der Waals surface area contributed by atoms with Crippen molar-refractivity contribution in [3.63, 3.8) is 0 Å². The normalized spacial score (nSPS) is 17.7. The Labute approximate surface area is 108 Å². The first-order valence-electron chi connectivity index (χ1n) is 6.95. The van der Waals surface area contributed by atoms with E-state index in [9.17, 15) is 0 Å². The Bertz CT molecular complexity index is 556. The van der Waals surface area contributed by atoms with Crippen LogP contribution in [0.15, 0.2) is 22.6 Å². The second-order valence-corrected chi connectivity index (χ2v) is 6.47. The summed E-state index contributed by atoms with van der Waals surface area (Å²) < 4.78 is 5.91. The van der Waals surface area contributed by atoms with Crippen molar-refractivity contribution in [3.8, 4) is 0 Å². The molecule has 0 aliphatic heterocycles. The summed E-state index contributed by atoms with van der Waals surface area (Å²) in [5, 5.41) is 0. The van der Waals surface area contributed by atoms with Crippen LogP contribution in [0.3, 0.4) is 0 Å². The van der Waals surface area contributed by atoms with Crippen LogP contribution < -0.4 is 0 Å². The van der Waals surface area contributed by atoms with Gasteiger partial charge in [0.05, 0.1) is 0 Å². The maximum Gasteiger partial charge on any atom is 0.198 e. The van der Waals surface area contributed by atoms with Crippen LogP contribution in [0.5, 0.6) is 0 Å². The van der Waals surface area contributed by atoms with Gasteiger partial charge in [-0.15, -0.1) is 0 Å². The lowest BCUT2D eigenvalue weighted by molar-refractivity contribution is 0.474. The zero-order chi connectivity index (χ0) is 12.8. The molecule has 1 aromatic heterocycles. The zero-order valence-electron chi connectivity index (χ0n) is 11.5. The highest BCUT2D eigenvalue weighted by Gasteiger charge is 2.23. The number of hydrogen-bond acceptors (Lipinski definition) is 2. The first kappa shape index (κ1) is 11.8. The molecule has 2 heteroatoms. The van der Waals surface area contributed by atoms with Gasteiger partial charge in [0.2, 0.25) is 0 Å². The van der Waals surface area contributed by atoms with Gasteiger partial charge in [0.15, 0.2) is 11.5 Å². The molecule has 2 aromatic rings. The van der Waals surface area contributed by atoms with E-state index in [0.29, 0.717) is 5.92 Å². The molecule has 1 aliphatic rings. The summed E-state index contributed by atoms with van der Waals surface area (Å²) in [6.07, 6.45) is 5.10. The van der Waals surface area contributed by atoms with Crippen LogP contribution in [0.1, 0.15) is 63.8 Å². The number of benzene rings is 1. The van der Waals surface area contributed by atoms with E-state index >= 15 is 0 Å². The molecule has 0 N–H and O–H groups in total.